The maximum Gasteiger partial charge on any atom is 0.322 e. The zero-order chi connectivity index (χ0) is 28.2. The van der Waals surface area contributed by atoms with Gasteiger partial charge in [0.25, 0.3) is 0 Å². The molecular weight excluding hydrogens is 508 g/mol. The summed E-state index contributed by atoms with van der Waals surface area (Å²) in [5, 5.41) is 1.63. The maximum absolute atomic E-state index is 15.1. The van der Waals surface area contributed by atoms with Crippen molar-refractivity contribution in [1.29, 1.82) is 0 Å². The molecule has 6 rings (SSSR count). The molecule has 0 saturated carbocycles. The molecule has 9 heteroatoms. The molecule has 2 aromatic carbocycles. The average Bonchev–Trinajstić information content (AvgIpc) is 2.98. The molecule has 0 N–H and O–H groups in total. The zero-order valence-corrected chi connectivity index (χ0v) is 22.8. The lowest BCUT2D eigenvalue weighted by molar-refractivity contribution is -0.202. The Labute approximate surface area is 231 Å². The second-order valence-corrected chi connectivity index (χ2v) is 10.7. The highest BCUT2D eigenvalue weighted by molar-refractivity contribution is 6.18. The van der Waals surface area contributed by atoms with E-state index in [4.69, 9.17) is 9.47 Å². The van der Waals surface area contributed by atoms with Crippen LogP contribution in [-0.4, -0.2) is 78.9 Å². The van der Waals surface area contributed by atoms with Crippen LogP contribution in [0, 0.1) is 10.8 Å². The summed E-state index contributed by atoms with van der Waals surface area (Å²) in [6, 6.07) is 17.4. The fourth-order valence-corrected chi connectivity index (χ4v) is 7.30. The van der Waals surface area contributed by atoms with Gasteiger partial charge in [0.2, 0.25) is 0 Å². The number of ether oxygens (including phenoxy) is 2. The lowest BCUT2D eigenvalue weighted by Gasteiger charge is -2.61. The summed E-state index contributed by atoms with van der Waals surface area (Å²) in [5.41, 5.74) is -0.447. The molecule has 4 aromatic rings. The van der Waals surface area contributed by atoms with Crippen molar-refractivity contribution in [3.05, 3.63) is 84.2 Å². The second kappa shape index (κ2) is 9.46. The third-order valence-corrected chi connectivity index (χ3v) is 8.65. The second-order valence-electron chi connectivity index (χ2n) is 10.7. The Bertz CT molecular complexity index is 1540. The van der Waals surface area contributed by atoms with E-state index < -0.39 is 40.6 Å². The number of methoxy groups -OCH3 is 2. The predicted octanol–water partition coefficient (Wildman–Crippen LogP) is 3.34. The number of aromatic nitrogens is 2. The number of hydrogen-bond donors (Lipinski definition) is 0. The Morgan fingerprint density at radius 1 is 0.750 bits per heavy atom. The monoisotopic (exact) mass is 538 g/mol. The van der Waals surface area contributed by atoms with Crippen LogP contribution in [0.2, 0.25) is 0 Å². The number of esters is 2. The minimum Gasteiger partial charge on any atom is -0.468 e. The van der Waals surface area contributed by atoms with Gasteiger partial charge >= 0.3 is 11.9 Å². The summed E-state index contributed by atoms with van der Waals surface area (Å²) in [6.07, 6.45) is 3.37. The molecule has 2 bridgehead atoms. The molecule has 0 amide bonds. The predicted molar refractivity (Wildman–Crippen MR) is 148 cm³/mol. The van der Waals surface area contributed by atoms with Gasteiger partial charge in [0.15, 0.2) is 16.6 Å². The minimum atomic E-state index is -1.71. The Kier molecular flexibility index (Phi) is 6.16. The number of fused-ring (bicyclic) bond motifs is 4. The number of rotatable bonds is 4. The Hall–Kier alpha value is -4.21. The molecule has 2 aromatic heterocycles. The summed E-state index contributed by atoms with van der Waals surface area (Å²) in [5.74, 6) is -1.87. The topological polar surface area (TPSA) is 102 Å². The largest absolute Gasteiger partial charge is 0.468 e. The van der Waals surface area contributed by atoms with Crippen molar-refractivity contribution in [3.8, 4) is 0 Å². The molecule has 0 radical (unpaired) electrons. The van der Waals surface area contributed by atoms with E-state index in [1.54, 1.807) is 12.4 Å². The SMILES string of the molecule is COC(=O)[C@@]12CN(C)C[C@@](C(=O)OC)(C1=O)C(c1ccnc3ccccc13)N(C)C2c1ccnc2ccccc12. The number of Topliss-reactive ketones (excluding diaryl/α,β-unsaturated/α-hetero) is 1. The van der Waals surface area contributed by atoms with Gasteiger partial charge < -0.3 is 14.4 Å². The molecule has 0 aliphatic carbocycles. The van der Waals surface area contributed by atoms with Crippen LogP contribution in [0.5, 0.6) is 0 Å². The molecular formula is C31H30N4O5. The smallest absolute Gasteiger partial charge is 0.322 e. The molecule has 9 nitrogen and oxygen atoms in total. The number of pyridine rings is 2. The Balaban J connectivity index is 1.74. The average molecular weight is 539 g/mol. The van der Waals surface area contributed by atoms with Gasteiger partial charge in [-0.15, -0.1) is 0 Å². The first-order valence-corrected chi connectivity index (χ1v) is 13.1. The molecule has 204 valence electrons. The number of hydrogen-bond acceptors (Lipinski definition) is 9. The van der Waals surface area contributed by atoms with Crippen molar-refractivity contribution >= 4 is 39.5 Å². The van der Waals surface area contributed by atoms with E-state index in [2.05, 4.69) is 9.97 Å². The fraction of sp³-hybridized carbons (Fsp3) is 0.323. The van der Waals surface area contributed by atoms with Gasteiger partial charge in [0.1, 0.15) is 0 Å². The number of piperidine rings is 2. The van der Waals surface area contributed by atoms with Crippen LogP contribution in [-0.2, 0) is 23.9 Å². The summed E-state index contributed by atoms with van der Waals surface area (Å²) in [4.78, 5) is 55.9. The molecule has 4 heterocycles. The van der Waals surface area contributed by atoms with Crippen molar-refractivity contribution in [1.82, 2.24) is 19.8 Å². The van der Waals surface area contributed by atoms with Crippen molar-refractivity contribution in [2.24, 2.45) is 10.8 Å². The first-order chi connectivity index (χ1) is 19.3. The van der Waals surface area contributed by atoms with Gasteiger partial charge in [-0.2, -0.15) is 0 Å². The highest BCUT2D eigenvalue weighted by Gasteiger charge is 2.74. The first kappa shape index (κ1) is 26.0. The van der Waals surface area contributed by atoms with E-state index in [9.17, 15) is 9.59 Å². The normalized spacial score (nSPS) is 27.1. The lowest BCUT2D eigenvalue weighted by Crippen LogP contribution is -2.75. The fourth-order valence-electron chi connectivity index (χ4n) is 7.30. The van der Waals surface area contributed by atoms with Crippen molar-refractivity contribution in [2.75, 3.05) is 41.4 Å². The van der Waals surface area contributed by atoms with Crippen molar-refractivity contribution < 1.29 is 23.9 Å². The molecule has 2 saturated heterocycles. The third kappa shape index (κ3) is 3.37. The summed E-state index contributed by atoms with van der Waals surface area (Å²) in [6.45, 7) is 0.152. The number of benzene rings is 2. The number of carbonyl (C=O) groups is 3. The van der Waals surface area contributed by atoms with E-state index >= 15 is 4.79 Å². The van der Waals surface area contributed by atoms with E-state index in [0.717, 1.165) is 32.9 Å². The van der Waals surface area contributed by atoms with Crippen LogP contribution in [0.3, 0.4) is 0 Å². The Morgan fingerprint density at radius 3 is 1.60 bits per heavy atom. The van der Waals surface area contributed by atoms with Gasteiger partial charge in [-0.05, 0) is 49.5 Å². The van der Waals surface area contributed by atoms with Crippen LogP contribution >= 0.6 is 0 Å². The van der Waals surface area contributed by atoms with Crippen LogP contribution in [0.15, 0.2) is 73.1 Å². The van der Waals surface area contributed by atoms with Crippen LogP contribution in [0.1, 0.15) is 23.2 Å². The third-order valence-electron chi connectivity index (χ3n) is 8.65. The number of para-hydroxylation sites is 2. The molecule has 2 aliphatic heterocycles. The van der Waals surface area contributed by atoms with Gasteiger partial charge in [-0.25, -0.2) is 0 Å². The number of nitrogens with zero attached hydrogens (tertiary/aromatic N) is 4. The standard InChI is InChI=1S/C31H30N4O5/c1-34-17-30(28(37)39-3)25(21-13-15-32-23-11-7-5-9-19(21)23)35(2)26(31(18-34,27(30)36)29(38)40-4)22-14-16-33-24-12-8-6-10-20(22)24/h5-16,25-26H,17-18H2,1-4H3/t25?,26?,30-,31+. The van der Waals surface area contributed by atoms with Crippen LogP contribution in [0.25, 0.3) is 21.8 Å². The molecule has 40 heavy (non-hydrogen) atoms. The van der Waals surface area contributed by atoms with Gasteiger partial charge in [0, 0.05) is 36.3 Å². The maximum atomic E-state index is 15.1. The highest BCUT2D eigenvalue weighted by atomic mass is 16.5. The van der Waals surface area contributed by atoms with Gasteiger partial charge in [-0.3, -0.25) is 29.3 Å². The minimum absolute atomic E-state index is 0.0761. The number of likely N-dealkylation sites (tertiary alicyclic amines) is 2. The molecule has 2 fully saturated rings. The van der Waals surface area contributed by atoms with E-state index in [1.165, 1.54) is 14.2 Å². The number of ketones is 1. The first-order valence-electron chi connectivity index (χ1n) is 13.1. The van der Waals surface area contributed by atoms with Crippen molar-refractivity contribution in [3.63, 3.8) is 0 Å². The summed E-state index contributed by atoms with van der Waals surface area (Å²) < 4.78 is 10.8. The van der Waals surface area contributed by atoms with E-state index in [-0.39, 0.29) is 13.1 Å². The van der Waals surface area contributed by atoms with Gasteiger partial charge in [-0.1, -0.05) is 36.4 Å². The van der Waals surface area contributed by atoms with Crippen LogP contribution < -0.4 is 0 Å². The summed E-state index contributed by atoms with van der Waals surface area (Å²) >= 11 is 0. The van der Waals surface area contributed by atoms with E-state index in [0.29, 0.717) is 0 Å². The zero-order valence-electron chi connectivity index (χ0n) is 22.8. The Morgan fingerprint density at radius 2 is 1.18 bits per heavy atom. The molecule has 2 unspecified atom stereocenters. The van der Waals surface area contributed by atoms with Crippen LogP contribution in [0.4, 0.5) is 0 Å². The van der Waals surface area contributed by atoms with E-state index in [1.807, 2.05) is 84.6 Å². The number of carbonyl (C=O) groups excluding carboxylic acids is 3. The molecule has 2 aliphatic rings. The lowest BCUT2D eigenvalue weighted by atomic mass is 9.53. The quantitative estimate of drug-likeness (QED) is 0.286. The van der Waals surface area contributed by atoms with Gasteiger partial charge in [0.05, 0.1) is 37.3 Å². The summed E-state index contributed by atoms with van der Waals surface area (Å²) in [7, 11) is 6.25. The molecule has 0 spiro atoms. The highest BCUT2D eigenvalue weighted by Crippen LogP contribution is 2.61. The molecule has 4 atom stereocenters. The van der Waals surface area contributed by atoms with Crippen molar-refractivity contribution in [2.45, 2.75) is 12.1 Å².